The molecule has 138 valence electrons. The quantitative estimate of drug-likeness (QED) is 0.422. The summed E-state index contributed by atoms with van der Waals surface area (Å²) in [4.78, 5) is 23.2. The van der Waals surface area contributed by atoms with Gasteiger partial charge in [-0.05, 0) is 25.1 Å². The van der Waals surface area contributed by atoms with Gasteiger partial charge in [0.2, 0.25) is 0 Å². The zero-order chi connectivity index (χ0) is 19.7. The lowest BCUT2D eigenvalue weighted by Crippen LogP contribution is -2.14. The Bertz CT molecular complexity index is 1050. The Balaban J connectivity index is 2.04. The normalized spacial score (nSPS) is 10.7. The van der Waals surface area contributed by atoms with E-state index in [4.69, 9.17) is 39.3 Å². The number of hydrogen-bond acceptors (Lipinski definition) is 5. The summed E-state index contributed by atoms with van der Waals surface area (Å²) < 4.78 is 5.14. The SMILES string of the molecule is Cc1onc(-c2c(Cl)cccc2Cl)c1C(=O)Nc1cc([N+](=O)[O-])ccc1Cl. The van der Waals surface area contributed by atoms with Crippen LogP contribution >= 0.6 is 34.8 Å². The smallest absolute Gasteiger partial charge is 0.271 e. The van der Waals surface area contributed by atoms with Gasteiger partial charge in [0.1, 0.15) is 17.0 Å². The van der Waals surface area contributed by atoms with E-state index in [1.54, 1.807) is 25.1 Å². The van der Waals surface area contributed by atoms with E-state index in [0.717, 1.165) is 6.07 Å². The first-order chi connectivity index (χ1) is 12.8. The fourth-order valence-corrected chi connectivity index (χ4v) is 3.18. The number of nitrogens with one attached hydrogen (secondary N) is 1. The van der Waals surface area contributed by atoms with E-state index < -0.39 is 10.8 Å². The number of hydrogen-bond donors (Lipinski definition) is 1. The van der Waals surface area contributed by atoms with Crippen LogP contribution in [0.1, 0.15) is 16.1 Å². The largest absolute Gasteiger partial charge is 0.360 e. The van der Waals surface area contributed by atoms with Gasteiger partial charge in [0.05, 0.1) is 25.7 Å². The standard InChI is InChI=1S/C17H10Cl3N3O4/c1-8-14(16(22-27-8)15-11(19)3-2-4-12(15)20)17(24)21-13-7-9(23(25)26)5-6-10(13)18/h2-7H,1H3,(H,21,24). The van der Waals surface area contributed by atoms with Crippen LogP contribution in [0.5, 0.6) is 0 Å². The Morgan fingerprint density at radius 3 is 2.44 bits per heavy atom. The first-order valence-electron chi connectivity index (χ1n) is 7.45. The minimum absolute atomic E-state index is 0.0765. The lowest BCUT2D eigenvalue weighted by atomic mass is 10.1. The number of non-ortho nitro benzene ring substituents is 1. The lowest BCUT2D eigenvalue weighted by molar-refractivity contribution is -0.384. The molecule has 0 bridgehead atoms. The lowest BCUT2D eigenvalue weighted by Gasteiger charge is -2.09. The highest BCUT2D eigenvalue weighted by Crippen LogP contribution is 2.37. The molecular weight excluding hydrogens is 417 g/mol. The van der Waals surface area contributed by atoms with Crippen molar-refractivity contribution in [1.29, 1.82) is 0 Å². The first-order valence-corrected chi connectivity index (χ1v) is 8.59. The van der Waals surface area contributed by atoms with Gasteiger partial charge in [-0.1, -0.05) is 46.0 Å². The van der Waals surface area contributed by atoms with Crippen LogP contribution in [0.25, 0.3) is 11.3 Å². The fourth-order valence-electron chi connectivity index (χ4n) is 2.44. The summed E-state index contributed by atoms with van der Waals surface area (Å²) in [7, 11) is 0. The van der Waals surface area contributed by atoms with Crippen LogP contribution in [-0.2, 0) is 0 Å². The highest BCUT2D eigenvalue weighted by molar-refractivity contribution is 6.39. The number of carbonyl (C=O) groups is 1. The number of rotatable bonds is 4. The maximum Gasteiger partial charge on any atom is 0.271 e. The molecule has 3 rings (SSSR count). The molecule has 0 unspecified atom stereocenters. The van der Waals surface area contributed by atoms with Gasteiger partial charge in [-0.2, -0.15) is 0 Å². The first kappa shape index (κ1) is 19.2. The van der Waals surface area contributed by atoms with Crippen molar-refractivity contribution < 1.29 is 14.2 Å². The molecule has 0 atom stereocenters. The molecule has 0 saturated heterocycles. The van der Waals surface area contributed by atoms with Gasteiger partial charge in [-0.3, -0.25) is 14.9 Å². The van der Waals surface area contributed by atoms with E-state index in [9.17, 15) is 14.9 Å². The minimum Gasteiger partial charge on any atom is -0.360 e. The van der Waals surface area contributed by atoms with Crippen LogP contribution in [0, 0.1) is 17.0 Å². The van der Waals surface area contributed by atoms with Crippen molar-refractivity contribution in [3.63, 3.8) is 0 Å². The molecule has 0 spiro atoms. The Hall–Kier alpha value is -2.61. The molecule has 2 aromatic carbocycles. The van der Waals surface area contributed by atoms with Crippen molar-refractivity contribution in [1.82, 2.24) is 5.16 Å². The number of nitro groups is 1. The second-order valence-corrected chi connectivity index (χ2v) is 6.66. The maximum atomic E-state index is 12.8. The Labute approximate surface area is 168 Å². The number of nitrogens with zero attached hydrogens (tertiary/aromatic N) is 2. The molecular formula is C17H10Cl3N3O4. The molecule has 0 fully saturated rings. The van der Waals surface area contributed by atoms with Crippen molar-refractivity contribution >= 4 is 52.1 Å². The van der Waals surface area contributed by atoms with Gasteiger partial charge < -0.3 is 9.84 Å². The molecule has 1 N–H and O–H groups in total. The number of aromatic nitrogens is 1. The highest BCUT2D eigenvalue weighted by atomic mass is 35.5. The highest BCUT2D eigenvalue weighted by Gasteiger charge is 2.25. The molecule has 27 heavy (non-hydrogen) atoms. The Morgan fingerprint density at radius 2 is 1.81 bits per heavy atom. The maximum absolute atomic E-state index is 12.8. The van der Waals surface area contributed by atoms with E-state index in [-0.39, 0.29) is 33.4 Å². The fraction of sp³-hybridized carbons (Fsp3) is 0.0588. The van der Waals surface area contributed by atoms with Gasteiger partial charge in [0.15, 0.2) is 0 Å². The zero-order valence-electron chi connectivity index (χ0n) is 13.6. The second kappa shape index (κ2) is 7.56. The van der Waals surface area contributed by atoms with Crippen LogP contribution < -0.4 is 5.32 Å². The van der Waals surface area contributed by atoms with Crippen molar-refractivity contribution in [3.8, 4) is 11.3 Å². The van der Waals surface area contributed by atoms with E-state index >= 15 is 0 Å². The third-order valence-corrected chi connectivity index (χ3v) is 4.66. The molecule has 1 aromatic heterocycles. The summed E-state index contributed by atoms with van der Waals surface area (Å²) in [6.07, 6.45) is 0. The molecule has 0 saturated carbocycles. The van der Waals surface area contributed by atoms with Gasteiger partial charge in [0, 0.05) is 17.7 Å². The molecule has 10 heteroatoms. The summed E-state index contributed by atoms with van der Waals surface area (Å²) in [6, 6.07) is 8.58. The molecule has 0 radical (unpaired) electrons. The summed E-state index contributed by atoms with van der Waals surface area (Å²) in [5.41, 5.74) is 0.446. The van der Waals surface area contributed by atoms with Gasteiger partial charge in [-0.25, -0.2) is 0 Å². The Morgan fingerprint density at radius 1 is 1.15 bits per heavy atom. The van der Waals surface area contributed by atoms with E-state index in [1.165, 1.54) is 12.1 Å². The topological polar surface area (TPSA) is 98.3 Å². The molecule has 1 heterocycles. The molecule has 0 aliphatic carbocycles. The Kier molecular flexibility index (Phi) is 5.36. The van der Waals surface area contributed by atoms with E-state index in [2.05, 4.69) is 10.5 Å². The molecule has 3 aromatic rings. The number of benzene rings is 2. The minimum atomic E-state index is -0.623. The molecule has 0 aliphatic heterocycles. The van der Waals surface area contributed by atoms with Crippen LogP contribution in [0.4, 0.5) is 11.4 Å². The van der Waals surface area contributed by atoms with Gasteiger partial charge in [0.25, 0.3) is 11.6 Å². The number of anilines is 1. The number of carbonyl (C=O) groups excluding carboxylic acids is 1. The van der Waals surface area contributed by atoms with Crippen LogP contribution in [-0.4, -0.2) is 16.0 Å². The average molecular weight is 427 g/mol. The van der Waals surface area contributed by atoms with Crippen molar-refractivity contribution in [2.45, 2.75) is 6.92 Å². The zero-order valence-corrected chi connectivity index (χ0v) is 15.9. The number of aryl methyl sites for hydroxylation is 1. The summed E-state index contributed by atoms with van der Waals surface area (Å²) in [6.45, 7) is 1.55. The van der Waals surface area contributed by atoms with Crippen LogP contribution in [0.3, 0.4) is 0 Å². The molecule has 0 aliphatic rings. The molecule has 7 nitrogen and oxygen atoms in total. The summed E-state index contributed by atoms with van der Waals surface area (Å²) in [5, 5.41) is 18.1. The molecule has 1 amide bonds. The van der Waals surface area contributed by atoms with Crippen molar-refractivity contribution in [3.05, 3.63) is 72.9 Å². The summed E-state index contributed by atoms with van der Waals surface area (Å²) in [5.74, 6) is -0.401. The van der Waals surface area contributed by atoms with Crippen LogP contribution in [0.15, 0.2) is 40.9 Å². The number of nitro benzene ring substituents is 1. The van der Waals surface area contributed by atoms with E-state index in [0.29, 0.717) is 15.6 Å². The van der Waals surface area contributed by atoms with Crippen molar-refractivity contribution in [2.75, 3.05) is 5.32 Å². The predicted octanol–water partition coefficient (Wildman–Crippen LogP) is 5.77. The second-order valence-electron chi connectivity index (χ2n) is 5.43. The van der Waals surface area contributed by atoms with Gasteiger partial charge in [-0.15, -0.1) is 0 Å². The summed E-state index contributed by atoms with van der Waals surface area (Å²) >= 11 is 18.4. The predicted molar refractivity (Wildman–Crippen MR) is 103 cm³/mol. The third-order valence-electron chi connectivity index (χ3n) is 3.70. The third kappa shape index (κ3) is 3.75. The van der Waals surface area contributed by atoms with Crippen LogP contribution in [0.2, 0.25) is 15.1 Å². The number of halogens is 3. The van der Waals surface area contributed by atoms with E-state index in [1.807, 2.05) is 0 Å². The average Bonchev–Trinajstić information content (AvgIpc) is 2.98. The van der Waals surface area contributed by atoms with Crippen molar-refractivity contribution in [2.24, 2.45) is 0 Å². The monoisotopic (exact) mass is 425 g/mol. The number of amides is 1. The van der Waals surface area contributed by atoms with Gasteiger partial charge >= 0.3 is 0 Å².